The molecule has 1 amide bonds. The summed E-state index contributed by atoms with van der Waals surface area (Å²) >= 11 is 0. The van der Waals surface area contributed by atoms with Gasteiger partial charge in [0.15, 0.2) is 0 Å². The molecule has 3 aromatic carbocycles. The summed E-state index contributed by atoms with van der Waals surface area (Å²) in [5, 5.41) is 2.69. The van der Waals surface area contributed by atoms with Gasteiger partial charge in [-0.15, -0.1) is 0 Å². The minimum Gasteiger partial charge on any atom is -0.495 e. The molecule has 0 saturated carbocycles. The van der Waals surface area contributed by atoms with Crippen molar-refractivity contribution in [2.24, 2.45) is 0 Å². The zero-order valence-corrected chi connectivity index (χ0v) is 19.7. The molecule has 178 valence electrons. The van der Waals surface area contributed by atoms with Gasteiger partial charge in [0.25, 0.3) is 15.9 Å². The Kier molecular flexibility index (Phi) is 8.26. The van der Waals surface area contributed by atoms with Gasteiger partial charge in [0.2, 0.25) is 0 Å². The lowest BCUT2D eigenvalue weighted by Gasteiger charge is -2.14. The highest BCUT2D eigenvalue weighted by Gasteiger charge is 2.19. The Bertz CT molecular complexity index is 1240. The number of anilines is 2. The highest BCUT2D eigenvalue weighted by atomic mass is 32.2. The minimum absolute atomic E-state index is 0.0697. The third-order valence-electron chi connectivity index (χ3n) is 4.87. The molecule has 0 bridgehead atoms. The van der Waals surface area contributed by atoms with E-state index in [1.165, 1.54) is 49.6 Å². The molecule has 2 N–H and O–H groups in total. The number of hydrogen-bond donors (Lipinski definition) is 2. The second-order valence-corrected chi connectivity index (χ2v) is 9.04. The van der Waals surface area contributed by atoms with Crippen molar-refractivity contribution in [2.75, 3.05) is 23.8 Å². The number of amides is 1. The number of esters is 1. The van der Waals surface area contributed by atoms with E-state index in [-0.39, 0.29) is 16.3 Å². The van der Waals surface area contributed by atoms with Gasteiger partial charge in [-0.3, -0.25) is 9.52 Å². The average molecular weight is 483 g/mol. The van der Waals surface area contributed by atoms with Gasteiger partial charge in [0.05, 0.1) is 29.9 Å². The van der Waals surface area contributed by atoms with Crippen LogP contribution in [-0.4, -0.2) is 34.0 Å². The first-order valence-corrected chi connectivity index (χ1v) is 12.2. The number of carbonyl (C=O) groups excluding carboxylic acids is 2. The van der Waals surface area contributed by atoms with Crippen molar-refractivity contribution < 1.29 is 27.5 Å². The monoisotopic (exact) mass is 482 g/mol. The molecule has 0 aliphatic rings. The molecule has 0 aliphatic heterocycles. The highest BCUT2D eigenvalue weighted by molar-refractivity contribution is 7.92. The fourth-order valence-electron chi connectivity index (χ4n) is 3.02. The van der Waals surface area contributed by atoms with Crippen LogP contribution in [0.1, 0.15) is 40.5 Å². The molecule has 0 unspecified atom stereocenters. The standard InChI is InChI=1S/C25H26N2O6S/c1-3-4-16-33-25(29)19-10-12-20(13-11-19)27-34(30,31)21-14-15-23(32-2)22(17-21)26-24(28)18-8-6-5-7-9-18/h5-15,17,27H,3-4,16H2,1-2H3,(H,26,28). The molecule has 3 aromatic rings. The summed E-state index contributed by atoms with van der Waals surface area (Å²) < 4.78 is 38.8. The molecule has 0 atom stereocenters. The van der Waals surface area contributed by atoms with Crippen LogP contribution >= 0.6 is 0 Å². The number of carbonyl (C=O) groups is 2. The number of ether oxygens (including phenoxy) is 2. The van der Waals surface area contributed by atoms with Crippen molar-refractivity contribution in [1.29, 1.82) is 0 Å². The summed E-state index contributed by atoms with van der Waals surface area (Å²) in [6, 6.07) is 18.6. The SMILES string of the molecule is CCCCOC(=O)c1ccc(NS(=O)(=O)c2ccc(OC)c(NC(=O)c3ccccc3)c2)cc1. The molecular weight excluding hydrogens is 456 g/mol. The number of benzene rings is 3. The lowest BCUT2D eigenvalue weighted by molar-refractivity contribution is 0.0499. The van der Waals surface area contributed by atoms with Crippen molar-refractivity contribution in [1.82, 2.24) is 0 Å². The van der Waals surface area contributed by atoms with Crippen molar-refractivity contribution in [2.45, 2.75) is 24.7 Å². The zero-order chi connectivity index (χ0) is 24.6. The Hall–Kier alpha value is -3.85. The van der Waals surface area contributed by atoms with Crippen molar-refractivity contribution in [3.8, 4) is 5.75 Å². The fraction of sp³-hybridized carbons (Fsp3) is 0.200. The van der Waals surface area contributed by atoms with Gasteiger partial charge < -0.3 is 14.8 Å². The van der Waals surface area contributed by atoms with Gasteiger partial charge >= 0.3 is 5.97 Å². The van der Waals surface area contributed by atoms with Gasteiger partial charge in [-0.2, -0.15) is 0 Å². The number of hydrogen-bond acceptors (Lipinski definition) is 6. The molecular formula is C25H26N2O6S. The predicted octanol–water partition coefficient (Wildman–Crippen LogP) is 4.71. The van der Waals surface area contributed by atoms with Crippen LogP contribution in [0, 0.1) is 0 Å². The van der Waals surface area contributed by atoms with E-state index in [9.17, 15) is 18.0 Å². The summed E-state index contributed by atoms with van der Waals surface area (Å²) in [6.07, 6.45) is 1.69. The normalized spacial score (nSPS) is 10.9. The van der Waals surface area contributed by atoms with Crippen LogP contribution in [0.5, 0.6) is 5.75 Å². The van der Waals surface area contributed by atoms with Crippen LogP contribution in [0.25, 0.3) is 0 Å². The largest absolute Gasteiger partial charge is 0.495 e. The van der Waals surface area contributed by atoms with E-state index < -0.39 is 21.9 Å². The number of rotatable bonds is 10. The first kappa shape index (κ1) is 24.8. The third-order valence-corrected chi connectivity index (χ3v) is 6.25. The topological polar surface area (TPSA) is 111 Å². The van der Waals surface area contributed by atoms with Crippen LogP contribution in [0.15, 0.2) is 77.7 Å². The Morgan fingerprint density at radius 2 is 1.62 bits per heavy atom. The fourth-order valence-corrected chi connectivity index (χ4v) is 4.10. The molecule has 8 nitrogen and oxygen atoms in total. The van der Waals surface area contributed by atoms with Gasteiger partial charge in [0, 0.05) is 11.3 Å². The summed E-state index contributed by atoms with van der Waals surface area (Å²) in [5.41, 5.74) is 1.24. The van der Waals surface area contributed by atoms with Crippen molar-refractivity contribution >= 4 is 33.3 Å². The van der Waals surface area contributed by atoms with E-state index >= 15 is 0 Å². The van der Waals surface area contributed by atoms with Crippen LogP contribution in [0.2, 0.25) is 0 Å². The van der Waals surface area contributed by atoms with Gasteiger partial charge in [-0.05, 0) is 61.0 Å². The number of methoxy groups -OCH3 is 1. The minimum atomic E-state index is -3.98. The smallest absolute Gasteiger partial charge is 0.338 e. The first-order chi connectivity index (χ1) is 16.3. The molecule has 3 rings (SSSR count). The molecule has 9 heteroatoms. The van der Waals surface area contributed by atoms with E-state index in [0.717, 1.165) is 12.8 Å². The van der Waals surface area contributed by atoms with Crippen LogP contribution in [0.4, 0.5) is 11.4 Å². The maximum Gasteiger partial charge on any atom is 0.338 e. The molecule has 0 heterocycles. The average Bonchev–Trinajstić information content (AvgIpc) is 2.84. The van der Waals surface area contributed by atoms with E-state index in [1.807, 2.05) is 6.92 Å². The lowest BCUT2D eigenvalue weighted by atomic mass is 10.2. The van der Waals surface area contributed by atoms with Gasteiger partial charge in [-0.25, -0.2) is 13.2 Å². The number of sulfonamides is 1. The van der Waals surface area contributed by atoms with E-state index in [2.05, 4.69) is 10.0 Å². The van der Waals surface area contributed by atoms with Crippen LogP contribution in [0.3, 0.4) is 0 Å². The number of unbranched alkanes of at least 4 members (excludes halogenated alkanes) is 1. The molecule has 0 aromatic heterocycles. The molecule has 34 heavy (non-hydrogen) atoms. The predicted molar refractivity (Wildman–Crippen MR) is 130 cm³/mol. The summed E-state index contributed by atoms with van der Waals surface area (Å²) in [5.74, 6) is -0.547. The zero-order valence-electron chi connectivity index (χ0n) is 18.9. The second kappa shape index (κ2) is 11.3. The second-order valence-electron chi connectivity index (χ2n) is 7.35. The van der Waals surface area contributed by atoms with E-state index in [1.54, 1.807) is 30.3 Å². The van der Waals surface area contributed by atoms with Crippen LogP contribution < -0.4 is 14.8 Å². The molecule has 0 spiro atoms. The summed E-state index contributed by atoms with van der Waals surface area (Å²) in [7, 11) is -2.56. The Morgan fingerprint density at radius 3 is 2.26 bits per heavy atom. The van der Waals surface area contributed by atoms with E-state index in [4.69, 9.17) is 9.47 Å². The lowest BCUT2D eigenvalue weighted by Crippen LogP contribution is -2.16. The highest BCUT2D eigenvalue weighted by Crippen LogP contribution is 2.29. The van der Waals surface area contributed by atoms with Gasteiger partial charge in [-0.1, -0.05) is 31.5 Å². The summed E-state index contributed by atoms with van der Waals surface area (Å²) in [4.78, 5) is 24.5. The number of nitrogens with one attached hydrogen (secondary N) is 2. The van der Waals surface area contributed by atoms with Crippen molar-refractivity contribution in [3.05, 3.63) is 83.9 Å². The Morgan fingerprint density at radius 1 is 0.912 bits per heavy atom. The molecule has 0 aliphatic carbocycles. The molecule has 0 saturated heterocycles. The van der Waals surface area contributed by atoms with Crippen molar-refractivity contribution in [3.63, 3.8) is 0 Å². The third kappa shape index (κ3) is 6.35. The van der Waals surface area contributed by atoms with E-state index in [0.29, 0.717) is 23.5 Å². The molecule has 0 fully saturated rings. The first-order valence-electron chi connectivity index (χ1n) is 10.7. The Balaban J connectivity index is 1.76. The summed E-state index contributed by atoms with van der Waals surface area (Å²) in [6.45, 7) is 2.34. The molecule has 0 radical (unpaired) electrons. The maximum absolute atomic E-state index is 12.9. The van der Waals surface area contributed by atoms with Gasteiger partial charge in [0.1, 0.15) is 5.75 Å². The quantitative estimate of drug-likeness (QED) is 0.320. The maximum atomic E-state index is 12.9. The van der Waals surface area contributed by atoms with Crippen LogP contribution in [-0.2, 0) is 14.8 Å². The Labute approximate surface area is 199 Å².